The van der Waals surface area contributed by atoms with Crippen LogP contribution in [0.3, 0.4) is 0 Å². The smallest absolute Gasteiger partial charge is 0.230 e. The molecule has 1 unspecified atom stereocenters. The number of hydrogen-bond donors (Lipinski definition) is 0. The van der Waals surface area contributed by atoms with Gasteiger partial charge in [0.2, 0.25) is 11.9 Å². The maximum Gasteiger partial charge on any atom is 0.230 e. The second-order valence-corrected chi connectivity index (χ2v) is 8.57. The van der Waals surface area contributed by atoms with Gasteiger partial charge in [-0.1, -0.05) is 70.9 Å². The minimum atomic E-state index is 0.423. The Kier molecular flexibility index (Phi) is 10.9. The number of hydrogen-bond acceptors (Lipinski definition) is 5. The zero-order valence-electron chi connectivity index (χ0n) is 19.7. The van der Waals surface area contributed by atoms with Gasteiger partial charge in [0, 0.05) is 25.2 Å². The zero-order valence-corrected chi connectivity index (χ0v) is 19.7. The summed E-state index contributed by atoms with van der Waals surface area (Å²) in [6.45, 7) is 16.0. The van der Waals surface area contributed by atoms with Crippen molar-refractivity contribution in [3.05, 3.63) is 31.1 Å². The van der Waals surface area contributed by atoms with Crippen LogP contribution in [0.4, 0.5) is 11.9 Å². The first kappa shape index (κ1) is 24.4. The van der Waals surface area contributed by atoms with Crippen LogP contribution in [0.1, 0.15) is 90.3 Å². The van der Waals surface area contributed by atoms with Crippen molar-refractivity contribution in [3.63, 3.8) is 0 Å². The van der Waals surface area contributed by atoms with Crippen LogP contribution >= 0.6 is 0 Å². The van der Waals surface area contributed by atoms with Gasteiger partial charge in [0.1, 0.15) is 5.82 Å². The zero-order chi connectivity index (χ0) is 21.8. The van der Waals surface area contributed by atoms with E-state index in [1.165, 1.54) is 57.8 Å². The maximum absolute atomic E-state index is 5.01. The van der Waals surface area contributed by atoms with Gasteiger partial charge in [0.15, 0.2) is 0 Å². The van der Waals surface area contributed by atoms with Crippen molar-refractivity contribution in [1.29, 1.82) is 0 Å². The van der Waals surface area contributed by atoms with Crippen molar-refractivity contribution in [1.82, 2.24) is 15.0 Å². The van der Waals surface area contributed by atoms with Crippen molar-refractivity contribution in [2.45, 2.75) is 103 Å². The lowest BCUT2D eigenvalue weighted by Gasteiger charge is -2.34. The fourth-order valence-corrected chi connectivity index (χ4v) is 4.54. The van der Waals surface area contributed by atoms with E-state index in [9.17, 15) is 0 Å². The molecule has 1 aliphatic rings. The third-order valence-electron chi connectivity index (χ3n) is 6.21. The SMILES string of the molecule is C=CCN(c1nc(C)nc(N(CC=C)C2CCCCCCC2)n1)C(CC)CCCC. The standard InChI is InChI=1S/C25H43N5/c1-6-10-16-22(9-4)29(19-7-2)24-26-21(5)27-25(28-24)30(20-8-3)23-17-14-12-11-13-15-18-23/h7-8,22-23H,2-3,6,9-20H2,1,4-5H3. The van der Waals surface area contributed by atoms with Crippen LogP contribution in [0.5, 0.6) is 0 Å². The molecule has 0 aliphatic heterocycles. The van der Waals surface area contributed by atoms with E-state index in [1.54, 1.807) is 0 Å². The lowest BCUT2D eigenvalue weighted by Crippen LogP contribution is -2.40. The molecule has 0 N–H and O–H groups in total. The Bertz CT molecular complexity index is 636. The highest BCUT2D eigenvalue weighted by Gasteiger charge is 2.25. The molecule has 1 heterocycles. The summed E-state index contributed by atoms with van der Waals surface area (Å²) < 4.78 is 0. The Morgan fingerprint density at radius 2 is 1.57 bits per heavy atom. The highest BCUT2D eigenvalue weighted by Crippen LogP contribution is 2.26. The molecule has 5 heteroatoms. The van der Waals surface area contributed by atoms with Crippen molar-refractivity contribution < 1.29 is 0 Å². The largest absolute Gasteiger partial charge is 0.334 e. The molecule has 0 spiro atoms. The molecule has 0 aromatic carbocycles. The van der Waals surface area contributed by atoms with E-state index in [-0.39, 0.29) is 0 Å². The molecule has 0 saturated heterocycles. The molecule has 5 nitrogen and oxygen atoms in total. The average molecular weight is 414 g/mol. The highest BCUT2D eigenvalue weighted by molar-refractivity contribution is 5.42. The predicted molar refractivity (Wildman–Crippen MR) is 129 cm³/mol. The summed E-state index contributed by atoms with van der Waals surface area (Å²) in [4.78, 5) is 19.2. The second kappa shape index (κ2) is 13.4. The number of nitrogens with zero attached hydrogens (tertiary/aromatic N) is 5. The number of unbranched alkanes of at least 4 members (excludes halogenated alkanes) is 1. The number of aryl methyl sites for hydroxylation is 1. The lowest BCUT2D eigenvalue weighted by atomic mass is 9.95. The summed E-state index contributed by atoms with van der Waals surface area (Å²) in [6.07, 6.45) is 17.6. The normalized spacial score (nSPS) is 16.4. The van der Waals surface area contributed by atoms with E-state index in [1.807, 2.05) is 19.1 Å². The first-order valence-electron chi connectivity index (χ1n) is 12.1. The van der Waals surface area contributed by atoms with E-state index in [2.05, 4.69) is 36.8 Å². The Morgan fingerprint density at radius 1 is 0.933 bits per heavy atom. The number of aromatic nitrogens is 3. The van der Waals surface area contributed by atoms with Gasteiger partial charge >= 0.3 is 0 Å². The van der Waals surface area contributed by atoms with Crippen molar-refractivity contribution in [3.8, 4) is 0 Å². The van der Waals surface area contributed by atoms with Crippen molar-refractivity contribution in [2.24, 2.45) is 0 Å². The van der Waals surface area contributed by atoms with Crippen LogP contribution in [0.2, 0.25) is 0 Å². The van der Waals surface area contributed by atoms with E-state index < -0.39 is 0 Å². The third-order valence-corrected chi connectivity index (χ3v) is 6.21. The number of rotatable bonds is 12. The van der Waals surface area contributed by atoms with Crippen LogP contribution in [0.25, 0.3) is 0 Å². The van der Waals surface area contributed by atoms with Crippen LogP contribution in [0.15, 0.2) is 25.3 Å². The number of anilines is 2. The van der Waals surface area contributed by atoms with Crippen LogP contribution in [0, 0.1) is 6.92 Å². The van der Waals surface area contributed by atoms with Crippen LogP contribution in [-0.2, 0) is 0 Å². The molecular weight excluding hydrogens is 370 g/mol. The Labute approximate surface area is 184 Å². The molecule has 0 amide bonds. The molecule has 1 aromatic heterocycles. The van der Waals surface area contributed by atoms with E-state index in [0.29, 0.717) is 12.1 Å². The molecule has 2 rings (SSSR count). The lowest BCUT2D eigenvalue weighted by molar-refractivity contribution is 0.431. The summed E-state index contributed by atoms with van der Waals surface area (Å²) in [6, 6.07) is 0.903. The maximum atomic E-state index is 5.01. The molecule has 0 radical (unpaired) electrons. The predicted octanol–water partition coefficient (Wildman–Crippen LogP) is 6.25. The minimum absolute atomic E-state index is 0.423. The van der Waals surface area contributed by atoms with E-state index >= 15 is 0 Å². The van der Waals surface area contributed by atoms with Gasteiger partial charge in [-0.3, -0.25) is 0 Å². The van der Waals surface area contributed by atoms with Gasteiger partial charge in [-0.25, -0.2) is 0 Å². The first-order chi connectivity index (χ1) is 14.6. The third kappa shape index (κ3) is 7.10. The summed E-state index contributed by atoms with van der Waals surface area (Å²) in [5.74, 6) is 2.39. The van der Waals surface area contributed by atoms with Crippen LogP contribution < -0.4 is 9.80 Å². The van der Waals surface area contributed by atoms with Gasteiger partial charge in [0.05, 0.1) is 0 Å². The Balaban J connectivity index is 2.36. The Hall–Kier alpha value is -1.91. The molecule has 168 valence electrons. The van der Waals surface area contributed by atoms with E-state index in [0.717, 1.165) is 43.7 Å². The van der Waals surface area contributed by atoms with Crippen molar-refractivity contribution in [2.75, 3.05) is 22.9 Å². The quantitative estimate of drug-likeness (QED) is 0.379. The van der Waals surface area contributed by atoms with E-state index in [4.69, 9.17) is 15.0 Å². The van der Waals surface area contributed by atoms with Gasteiger partial charge < -0.3 is 9.80 Å². The molecule has 1 aromatic rings. The highest BCUT2D eigenvalue weighted by atomic mass is 15.4. The minimum Gasteiger partial charge on any atom is -0.334 e. The fraction of sp³-hybridized carbons (Fsp3) is 0.720. The summed E-state index contributed by atoms with van der Waals surface area (Å²) in [5.41, 5.74) is 0. The first-order valence-corrected chi connectivity index (χ1v) is 12.1. The molecule has 1 aliphatic carbocycles. The van der Waals surface area contributed by atoms with Gasteiger partial charge in [-0.15, -0.1) is 13.2 Å². The molecule has 1 saturated carbocycles. The summed E-state index contributed by atoms with van der Waals surface area (Å²) in [5, 5.41) is 0. The average Bonchev–Trinajstić information content (AvgIpc) is 2.71. The molecule has 30 heavy (non-hydrogen) atoms. The topological polar surface area (TPSA) is 45.2 Å². The monoisotopic (exact) mass is 413 g/mol. The van der Waals surface area contributed by atoms with Gasteiger partial charge in [-0.2, -0.15) is 15.0 Å². The fourth-order valence-electron chi connectivity index (χ4n) is 4.54. The van der Waals surface area contributed by atoms with Crippen LogP contribution in [-0.4, -0.2) is 40.1 Å². The molecular formula is C25H43N5. The summed E-state index contributed by atoms with van der Waals surface area (Å²) >= 11 is 0. The second-order valence-electron chi connectivity index (χ2n) is 8.57. The van der Waals surface area contributed by atoms with Gasteiger partial charge in [-0.05, 0) is 32.6 Å². The summed E-state index contributed by atoms with van der Waals surface area (Å²) in [7, 11) is 0. The Morgan fingerprint density at radius 3 is 2.17 bits per heavy atom. The molecule has 1 fully saturated rings. The van der Waals surface area contributed by atoms with Crippen molar-refractivity contribution >= 4 is 11.9 Å². The molecule has 0 bridgehead atoms. The molecule has 1 atom stereocenters. The van der Waals surface area contributed by atoms with Gasteiger partial charge in [0.25, 0.3) is 0 Å².